The maximum atomic E-state index is 12.9. The van der Waals surface area contributed by atoms with E-state index in [0.29, 0.717) is 6.54 Å². The lowest BCUT2D eigenvalue weighted by Crippen LogP contribution is -2.49. The Morgan fingerprint density at radius 3 is 2.50 bits per heavy atom. The fraction of sp³-hybridized carbons (Fsp3) is 0.529. The molecule has 1 heterocycles. The van der Waals surface area contributed by atoms with Crippen molar-refractivity contribution >= 4 is 27.8 Å². The fourth-order valence-corrected chi connectivity index (χ4v) is 3.61. The molecule has 0 radical (unpaired) electrons. The van der Waals surface area contributed by atoms with Crippen LogP contribution >= 0.6 is 15.9 Å². The van der Waals surface area contributed by atoms with E-state index >= 15 is 0 Å². The van der Waals surface area contributed by atoms with Gasteiger partial charge < -0.3 is 10.0 Å². The molecule has 1 saturated heterocycles. The normalized spacial score (nSPS) is 23.4. The summed E-state index contributed by atoms with van der Waals surface area (Å²) in [6.07, 6.45) is -0.0479. The Hall–Kier alpha value is -1.44. The number of nitrogens with zero attached hydrogens (tertiary/aromatic N) is 1. The summed E-state index contributed by atoms with van der Waals surface area (Å²) in [4.78, 5) is 25.3. The predicted octanol–water partition coefficient (Wildman–Crippen LogP) is 1.93. The van der Waals surface area contributed by atoms with Crippen molar-refractivity contribution in [2.45, 2.75) is 37.2 Å². The number of carbonyl (C=O) groups is 2. The van der Waals surface area contributed by atoms with Gasteiger partial charge >= 0.3 is 5.97 Å². The first-order valence-corrected chi connectivity index (χ1v) is 9.02. The number of carbonyl (C=O) groups excluding carboxylic acids is 1. The van der Waals surface area contributed by atoms with Gasteiger partial charge in [0, 0.05) is 13.1 Å². The average molecular weight is 398 g/mol. The number of hydrogen-bond acceptors (Lipinski definition) is 4. The Balaban J connectivity index is 2.07. The minimum absolute atomic E-state index is 0.0273. The van der Waals surface area contributed by atoms with Crippen molar-refractivity contribution in [2.75, 3.05) is 13.1 Å². The van der Waals surface area contributed by atoms with Crippen LogP contribution in [0.2, 0.25) is 0 Å². The van der Waals surface area contributed by atoms with Gasteiger partial charge in [-0.25, -0.2) is 10.9 Å². The molecular weight excluding hydrogens is 374 g/mol. The summed E-state index contributed by atoms with van der Waals surface area (Å²) in [7, 11) is 0. The monoisotopic (exact) mass is 397 g/mol. The molecule has 24 heavy (non-hydrogen) atoms. The molecule has 1 aromatic rings. The van der Waals surface area contributed by atoms with Crippen molar-refractivity contribution in [3.63, 3.8) is 0 Å². The standard InChI is InChI=1S/C17H24BrN3O3/c1-11(2)10-21(9-8-13(22)23)17(24)16-14(18)15(19-20-16)12-6-4-3-5-7-12/h3-7,11,14-16,19-20H,8-10H2,1-2H3,(H,22,23). The number of alkyl halides is 1. The van der Waals surface area contributed by atoms with Gasteiger partial charge in [0.15, 0.2) is 0 Å². The molecule has 1 fully saturated rings. The summed E-state index contributed by atoms with van der Waals surface area (Å²) < 4.78 is 0. The van der Waals surface area contributed by atoms with Crippen LogP contribution in [0, 0.1) is 5.92 Å². The molecule has 132 valence electrons. The molecule has 3 N–H and O–H groups in total. The number of aliphatic carboxylic acids is 1. The van der Waals surface area contributed by atoms with Crippen molar-refractivity contribution in [1.82, 2.24) is 15.8 Å². The second-order valence-electron chi connectivity index (χ2n) is 6.42. The first-order valence-electron chi connectivity index (χ1n) is 8.10. The van der Waals surface area contributed by atoms with Gasteiger partial charge in [-0.15, -0.1) is 0 Å². The molecule has 2 rings (SSSR count). The predicted molar refractivity (Wildman–Crippen MR) is 95.6 cm³/mol. The summed E-state index contributed by atoms with van der Waals surface area (Å²) in [6.45, 7) is 4.79. The quantitative estimate of drug-likeness (QED) is 0.612. The molecule has 0 saturated carbocycles. The summed E-state index contributed by atoms with van der Waals surface area (Å²) in [6, 6.07) is 9.43. The highest BCUT2D eigenvalue weighted by atomic mass is 79.9. The van der Waals surface area contributed by atoms with Crippen LogP contribution in [0.4, 0.5) is 0 Å². The molecule has 7 heteroatoms. The number of nitrogens with one attached hydrogen (secondary N) is 2. The van der Waals surface area contributed by atoms with Crippen LogP contribution < -0.4 is 10.9 Å². The number of hydrogen-bond donors (Lipinski definition) is 3. The number of amides is 1. The zero-order valence-electron chi connectivity index (χ0n) is 13.9. The zero-order valence-corrected chi connectivity index (χ0v) is 15.5. The Labute approximate surface area is 150 Å². The number of hydrazine groups is 1. The van der Waals surface area contributed by atoms with E-state index in [0.717, 1.165) is 5.56 Å². The van der Waals surface area contributed by atoms with Gasteiger partial charge in [-0.1, -0.05) is 60.1 Å². The average Bonchev–Trinajstić information content (AvgIpc) is 2.92. The minimum atomic E-state index is -0.897. The molecular formula is C17H24BrN3O3. The van der Waals surface area contributed by atoms with E-state index in [2.05, 4.69) is 26.8 Å². The SMILES string of the molecule is CC(C)CN(CCC(=O)O)C(=O)C1NNC(c2ccccc2)C1Br. The summed E-state index contributed by atoms with van der Waals surface area (Å²) >= 11 is 3.63. The van der Waals surface area contributed by atoms with E-state index in [-0.39, 0.29) is 35.7 Å². The van der Waals surface area contributed by atoms with Crippen molar-refractivity contribution in [3.05, 3.63) is 35.9 Å². The summed E-state index contributed by atoms with van der Waals surface area (Å²) in [5, 5.41) is 8.91. The van der Waals surface area contributed by atoms with Crippen LogP contribution in [0.3, 0.4) is 0 Å². The van der Waals surface area contributed by atoms with Gasteiger partial charge in [0.2, 0.25) is 5.91 Å². The number of carboxylic acid groups (broad SMARTS) is 1. The topological polar surface area (TPSA) is 81.7 Å². The van der Waals surface area contributed by atoms with Crippen molar-refractivity contribution < 1.29 is 14.7 Å². The van der Waals surface area contributed by atoms with E-state index in [9.17, 15) is 9.59 Å². The number of halogens is 1. The molecule has 6 nitrogen and oxygen atoms in total. The van der Waals surface area contributed by atoms with E-state index in [1.807, 2.05) is 44.2 Å². The van der Waals surface area contributed by atoms with E-state index < -0.39 is 12.0 Å². The Morgan fingerprint density at radius 2 is 1.92 bits per heavy atom. The smallest absolute Gasteiger partial charge is 0.305 e. The zero-order chi connectivity index (χ0) is 17.7. The van der Waals surface area contributed by atoms with E-state index in [1.165, 1.54) is 0 Å². The van der Waals surface area contributed by atoms with Gasteiger partial charge in [0.1, 0.15) is 6.04 Å². The third-order valence-electron chi connectivity index (χ3n) is 3.95. The van der Waals surface area contributed by atoms with Gasteiger partial charge in [0.05, 0.1) is 17.3 Å². The number of benzene rings is 1. The highest BCUT2D eigenvalue weighted by molar-refractivity contribution is 9.09. The summed E-state index contributed by atoms with van der Waals surface area (Å²) in [5.41, 5.74) is 7.31. The van der Waals surface area contributed by atoms with E-state index in [4.69, 9.17) is 5.11 Å². The van der Waals surface area contributed by atoms with Crippen LogP contribution in [0.1, 0.15) is 31.9 Å². The van der Waals surface area contributed by atoms with Crippen LogP contribution in [0.5, 0.6) is 0 Å². The molecule has 3 unspecified atom stereocenters. The number of rotatable bonds is 7. The molecule has 0 spiro atoms. The Kier molecular flexibility index (Phi) is 6.77. The molecule has 1 aromatic carbocycles. The highest BCUT2D eigenvalue weighted by Crippen LogP contribution is 2.29. The van der Waals surface area contributed by atoms with Crippen LogP contribution in [-0.2, 0) is 9.59 Å². The first kappa shape index (κ1) is 18.9. The lowest BCUT2D eigenvalue weighted by molar-refractivity contribution is -0.139. The molecule has 0 bridgehead atoms. The molecule has 1 amide bonds. The van der Waals surface area contributed by atoms with Crippen molar-refractivity contribution in [3.8, 4) is 0 Å². The van der Waals surface area contributed by atoms with Crippen molar-refractivity contribution in [2.24, 2.45) is 5.92 Å². The highest BCUT2D eigenvalue weighted by Gasteiger charge is 2.41. The van der Waals surface area contributed by atoms with Gasteiger partial charge in [-0.2, -0.15) is 0 Å². The molecule has 1 aliphatic rings. The maximum absolute atomic E-state index is 12.9. The first-order chi connectivity index (χ1) is 11.4. The van der Waals surface area contributed by atoms with E-state index in [1.54, 1.807) is 4.90 Å². The number of carboxylic acids is 1. The molecule has 0 aliphatic carbocycles. The third kappa shape index (κ3) is 4.78. The van der Waals surface area contributed by atoms with Crippen LogP contribution in [0.15, 0.2) is 30.3 Å². The van der Waals surface area contributed by atoms with Gasteiger partial charge in [-0.3, -0.25) is 9.59 Å². The van der Waals surface area contributed by atoms with Gasteiger partial charge in [0.25, 0.3) is 0 Å². The maximum Gasteiger partial charge on any atom is 0.305 e. The molecule has 3 atom stereocenters. The lowest BCUT2D eigenvalue weighted by Gasteiger charge is -2.28. The van der Waals surface area contributed by atoms with Crippen molar-refractivity contribution in [1.29, 1.82) is 0 Å². The molecule has 0 aromatic heterocycles. The van der Waals surface area contributed by atoms with Gasteiger partial charge in [-0.05, 0) is 11.5 Å². The lowest BCUT2D eigenvalue weighted by atomic mass is 10.0. The fourth-order valence-electron chi connectivity index (χ4n) is 2.82. The molecule has 1 aliphatic heterocycles. The third-order valence-corrected chi connectivity index (χ3v) is 5.01. The van der Waals surface area contributed by atoms with Crippen LogP contribution in [-0.4, -0.2) is 45.8 Å². The Morgan fingerprint density at radius 1 is 1.25 bits per heavy atom. The van der Waals surface area contributed by atoms with Crippen LogP contribution in [0.25, 0.3) is 0 Å². The minimum Gasteiger partial charge on any atom is -0.481 e. The second-order valence-corrected chi connectivity index (χ2v) is 7.48. The largest absolute Gasteiger partial charge is 0.481 e. The summed E-state index contributed by atoms with van der Waals surface area (Å²) in [5.74, 6) is -0.708. The second kappa shape index (κ2) is 8.60. The Bertz CT molecular complexity index is 567.